The van der Waals surface area contributed by atoms with Gasteiger partial charge in [-0.3, -0.25) is 4.99 Å². The normalized spacial score (nSPS) is 11.1. The van der Waals surface area contributed by atoms with Crippen LogP contribution in [0, 0.1) is 19.7 Å². The summed E-state index contributed by atoms with van der Waals surface area (Å²) in [6.45, 7) is 3.66. The molecule has 142 valence electrons. The molecule has 7 heteroatoms. The predicted octanol–water partition coefficient (Wildman–Crippen LogP) is 4.38. The number of carboxylic acids is 2. The van der Waals surface area contributed by atoms with Crippen LogP contribution in [0.25, 0.3) is 5.69 Å². The van der Waals surface area contributed by atoms with Gasteiger partial charge in [-0.05, 0) is 62.4 Å². The summed E-state index contributed by atoms with van der Waals surface area (Å²) in [6, 6.07) is 11.6. The molecule has 0 atom stereocenters. The van der Waals surface area contributed by atoms with E-state index in [1.165, 1.54) is 24.3 Å². The second-order valence-electron chi connectivity index (χ2n) is 6.28. The fraction of sp³-hybridized carbons (Fsp3) is 0.0952. The molecule has 2 aromatic carbocycles. The summed E-state index contributed by atoms with van der Waals surface area (Å²) in [7, 11) is 0. The Hall–Kier alpha value is -3.74. The molecule has 2 N–H and O–H groups in total. The number of carbonyl (C=O) groups is 2. The Morgan fingerprint density at radius 2 is 1.54 bits per heavy atom. The number of nitrogens with zero attached hydrogens (tertiary/aromatic N) is 2. The molecule has 0 unspecified atom stereocenters. The first kappa shape index (κ1) is 19.0. The monoisotopic (exact) mass is 380 g/mol. The lowest BCUT2D eigenvalue weighted by Crippen LogP contribution is -2.07. The van der Waals surface area contributed by atoms with Gasteiger partial charge in [0.2, 0.25) is 0 Å². The highest BCUT2D eigenvalue weighted by Gasteiger charge is 2.15. The molecular formula is C21H17FN2O4. The van der Waals surface area contributed by atoms with Crippen molar-refractivity contribution < 1.29 is 24.2 Å². The third-order valence-electron chi connectivity index (χ3n) is 4.32. The van der Waals surface area contributed by atoms with Gasteiger partial charge in [-0.2, -0.15) is 0 Å². The maximum absolute atomic E-state index is 13.0. The quantitative estimate of drug-likeness (QED) is 0.643. The summed E-state index contributed by atoms with van der Waals surface area (Å²) in [5, 5.41) is 18.6. The van der Waals surface area contributed by atoms with E-state index in [0.29, 0.717) is 11.4 Å². The minimum Gasteiger partial charge on any atom is -0.478 e. The van der Waals surface area contributed by atoms with Gasteiger partial charge in [0, 0.05) is 28.9 Å². The molecule has 3 aromatic rings. The second-order valence-corrected chi connectivity index (χ2v) is 6.28. The Labute approximate surface area is 160 Å². The van der Waals surface area contributed by atoms with Crippen LogP contribution < -0.4 is 0 Å². The van der Waals surface area contributed by atoms with Crippen molar-refractivity contribution in [1.82, 2.24) is 4.57 Å². The molecule has 0 bridgehead atoms. The second kappa shape index (κ2) is 7.48. The molecular weight excluding hydrogens is 363 g/mol. The number of aliphatic imine (C=N–C) groups is 1. The van der Waals surface area contributed by atoms with Gasteiger partial charge in [-0.15, -0.1) is 0 Å². The number of benzene rings is 2. The lowest BCUT2D eigenvalue weighted by molar-refractivity contribution is 0.0696. The van der Waals surface area contributed by atoms with Crippen LogP contribution >= 0.6 is 0 Å². The standard InChI is InChI=1S/C21H17FN2O4/c1-12-7-16(11-23-18-5-3-17(22)4-6-18)13(2)24(12)19-9-14(20(25)26)8-15(10-19)21(27)28/h3-11H,1-2H3,(H,25,26)(H,27,28). The molecule has 0 radical (unpaired) electrons. The Bertz CT molecular complexity index is 1070. The number of aromatic carboxylic acids is 2. The van der Waals surface area contributed by atoms with Crippen LogP contribution in [0.2, 0.25) is 0 Å². The van der Waals surface area contributed by atoms with Crippen LogP contribution in [0.15, 0.2) is 53.5 Å². The molecule has 0 aliphatic carbocycles. The van der Waals surface area contributed by atoms with Gasteiger partial charge >= 0.3 is 11.9 Å². The zero-order valence-electron chi connectivity index (χ0n) is 15.2. The van der Waals surface area contributed by atoms with Gasteiger partial charge in [0.05, 0.1) is 16.8 Å². The smallest absolute Gasteiger partial charge is 0.335 e. The van der Waals surface area contributed by atoms with Crippen LogP contribution in [0.3, 0.4) is 0 Å². The zero-order valence-corrected chi connectivity index (χ0v) is 15.2. The number of halogens is 1. The predicted molar refractivity (Wildman–Crippen MR) is 103 cm³/mol. The Balaban J connectivity index is 2.06. The Morgan fingerprint density at radius 1 is 0.964 bits per heavy atom. The third-order valence-corrected chi connectivity index (χ3v) is 4.32. The molecule has 0 amide bonds. The zero-order chi connectivity index (χ0) is 20.4. The van der Waals surface area contributed by atoms with E-state index in [1.807, 2.05) is 19.9 Å². The van der Waals surface area contributed by atoms with Gasteiger partial charge in [-0.1, -0.05) is 0 Å². The largest absolute Gasteiger partial charge is 0.478 e. The number of hydrogen-bond donors (Lipinski definition) is 2. The van der Waals surface area contributed by atoms with Crippen LogP contribution in [0.5, 0.6) is 0 Å². The highest BCUT2D eigenvalue weighted by molar-refractivity contribution is 5.95. The van der Waals surface area contributed by atoms with Crippen LogP contribution in [-0.2, 0) is 0 Å². The Morgan fingerprint density at radius 3 is 2.07 bits per heavy atom. The summed E-state index contributed by atoms with van der Waals surface area (Å²) >= 11 is 0. The molecule has 0 aliphatic rings. The average molecular weight is 380 g/mol. The highest BCUT2D eigenvalue weighted by Crippen LogP contribution is 2.23. The van der Waals surface area contributed by atoms with Crippen molar-refractivity contribution in [3.05, 3.63) is 82.4 Å². The number of aromatic nitrogens is 1. The van der Waals surface area contributed by atoms with E-state index in [9.17, 15) is 24.2 Å². The fourth-order valence-electron chi connectivity index (χ4n) is 2.97. The maximum atomic E-state index is 13.0. The number of rotatable bonds is 5. The topological polar surface area (TPSA) is 91.9 Å². The van der Waals surface area contributed by atoms with Gasteiger partial charge in [0.25, 0.3) is 0 Å². The lowest BCUT2D eigenvalue weighted by atomic mass is 10.1. The van der Waals surface area contributed by atoms with E-state index in [0.717, 1.165) is 23.0 Å². The maximum Gasteiger partial charge on any atom is 0.335 e. The molecule has 28 heavy (non-hydrogen) atoms. The van der Waals surface area contributed by atoms with E-state index >= 15 is 0 Å². The lowest BCUT2D eigenvalue weighted by Gasteiger charge is -2.12. The molecule has 0 saturated carbocycles. The summed E-state index contributed by atoms with van der Waals surface area (Å²) in [5.74, 6) is -2.75. The van der Waals surface area contributed by atoms with E-state index in [1.54, 1.807) is 22.9 Å². The molecule has 0 fully saturated rings. The minimum atomic E-state index is -1.20. The van der Waals surface area contributed by atoms with Crippen molar-refractivity contribution in [2.45, 2.75) is 13.8 Å². The molecule has 3 rings (SSSR count). The van der Waals surface area contributed by atoms with E-state index in [4.69, 9.17) is 0 Å². The molecule has 0 spiro atoms. The average Bonchev–Trinajstić information content (AvgIpc) is 2.94. The first-order chi connectivity index (χ1) is 13.3. The highest BCUT2D eigenvalue weighted by atomic mass is 19.1. The van der Waals surface area contributed by atoms with Gasteiger partial charge in [0.1, 0.15) is 5.82 Å². The minimum absolute atomic E-state index is 0.107. The SMILES string of the molecule is Cc1cc(C=Nc2ccc(F)cc2)c(C)n1-c1cc(C(=O)O)cc(C(=O)O)c1. The number of aryl methyl sites for hydroxylation is 1. The van der Waals surface area contributed by atoms with Gasteiger partial charge in [0.15, 0.2) is 0 Å². The van der Waals surface area contributed by atoms with Gasteiger partial charge < -0.3 is 14.8 Å². The number of carboxylic acid groups (broad SMARTS) is 2. The molecule has 0 saturated heterocycles. The van der Waals surface area contributed by atoms with E-state index < -0.39 is 11.9 Å². The van der Waals surface area contributed by atoms with Gasteiger partial charge in [-0.25, -0.2) is 14.0 Å². The molecule has 1 aromatic heterocycles. The summed E-state index contributed by atoms with van der Waals surface area (Å²) in [6.07, 6.45) is 1.63. The molecule has 1 heterocycles. The van der Waals surface area contributed by atoms with E-state index in [2.05, 4.69) is 4.99 Å². The third kappa shape index (κ3) is 3.83. The number of hydrogen-bond acceptors (Lipinski definition) is 3. The first-order valence-corrected chi connectivity index (χ1v) is 8.37. The first-order valence-electron chi connectivity index (χ1n) is 8.37. The van der Waals surface area contributed by atoms with E-state index in [-0.39, 0.29) is 16.9 Å². The van der Waals surface area contributed by atoms with Crippen molar-refractivity contribution >= 4 is 23.8 Å². The van der Waals surface area contributed by atoms with Crippen molar-refractivity contribution in [1.29, 1.82) is 0 Å². The Kier molecular flexibility index (Phi) is 5.08. The van der Waals surface area contributed by atoms with Crippen molar-refractivity contribution in [2.75, 3.05) is 0 Å². The van der Waals surface area contributed by atoms with Crippen LogP contribution in [0.1, 0.15) is 37.7 Å². The van der Waals surface area contributed by atoms with Crippen LogP contribution in [-0.4, -0.2) is 32.9 Å². The van der Waals surface area contributed by atoms with Crippen molar-refractivity contribution in [2.24, 2.45) is 4.99 Å². The fourth-order valence-corrected chi connectivity index (χ4v) is 2.97. The summed E-state index contributed by atoms with van der Waals surface area (Å²) in [5.41, 5.74) is 3.15. The van der Waals surface area contributed by atoms with Crippen molar-refractivity contribution in [3.8, 4) is 5.69 Å². The van der Waals surface area contributed by atoms with Crippen molar-refractivity contribution in [3.63, 3.8) is 0 Å². The summed E-state index contributed by atoms with van der Waals surface area (Å²) < 4.78 is 14.8. The molecule has 6 nitrogen and oxygen atoms in total. The molecule has 0 aliphatic heterocycles. The van der Waals surface area contributed by atoms with Crippen LogP contribution in [0.4, 0.5) is 10.1 Å². The summed E-state index contributed by atoms with van der Waals surface area (Å²) in [4.78, 5) is 27.1.